The molecule has 0 aromatic heterocycles. The van der Waals surface area contributed by atoms with Gasteiger partial charge in [0.25, 0.3) is 7.82 Å². The van der Waals surface area contributed by atoms with Gasteiger partial charge in [-0.05, 0) is 60.8 Å². The molecule has 42 heavy (non-hydrogen) atoms. The Balaban J connectivity index is 1.30. The SMILES string of the molecule is C=C(c1ccccc1)[C@@]12CC[C@@H](O)[C@@H]1CC(CCCCCCCCOP(=O)([O-])OCC[N+](C)(C)C)=C2c1ccccc1. The number of aliphatic hydroxyl groups is 1. The lowest BCUT2D eigenvalue weighted by molar-refractivity contribution is -0.870. The maximum Gasteiger partial charge on any atom is 0.268 e. The molecule has 0 heterocycles. The van der Waals surface area contributed by atoms with Crippen LogP contribution >= 0.6 is 7.82 Å². The molecule has 2 aliphatic carbocycles. The van der Waals surface area contributed by atoms with Crippen molar-refractivity contribution in [1.29, 1.82) is 0 Å². The molecular weight excluding hydrogens is 545 g/mol. The zero-order chi connectivity index (χ0) is 30.2. The number of phosphoric acid groups is 1. The summed E-state index contributed by atoms with van der Waals surface area (Å²) in [7, 11) is 1.74. The van der Waals surface area contributed by atoms with Gasteiger partial charge in [0.2, 0.25) is 0 Å². The van der Waals surface area contributed by atoms with E-state index in [0.717, 1.165) is 63.4 Å². The van der Waals surface area contributed by atoms with Crippen molar-refractivity contribution in [1.82, 2.24) is 0 Å². The van der Waals surface area contributed by atoms with E-state index in [9.17, 15) is 14.6 Å². The smallest absolute Gasteiger partial charge is 0.268 e. The third-order valence-electron chi connectivity index (χ3n) is 9.05. The predicted octanol–water partition coefficient (Wildman–Crippen LogP) is 7.25. The Morgan fingerprint density at radius 3 is 2.21 bits per heavy atom. The fraction of sp³-hybridized carbons (Fsp3) is 0.543. The monoisotopic (exact) mass is 595 g/mol. The summed E-state index contributed by atoms with van der Waals surface area (Å²) < 4.78 is 22.6. The minimum Gasteiger partial charge on any atom is -0.756 e. The van der Waals surface area contributed by atoms with Crippen molar-refractivity contribution in [3.63, 3.8) is 0 Å². The van der Waals surface area contributed by atoms with Crippen LogP contribution in [0.3, 0.4) is 0 Å². The molecule has 2 aromatic carbocycles. The molecule has 230 valence electrons. The van der Waals surface area contributed by atoms with Crippen LogP contribution in [-0.2, 0) is 13.6 Å². The molecule has 4 rings (SSSR count). The van der Waals surface area contributed by atoms with Crippen LogP contribution in [0.25, 0.3) is 11.1 Å². The van der Waals surface area contributed by atoms with Gasteiger partial charge in [0, 0.05) is 11.3 Å². The Morgan fingerprint density at radius 2 is 1.55 bits per heavy atom. The average Bonchev–Trinajstić information content (AvgIpc) is 3.46. The van der Waals surface area contributed by atoms with E-state index in [-0.39, 0.29) is 30.7 Å². The molecule has 0 spiro atoms. The number of hydrogen-bond donors (Lipinski definition) is 1. The standard InChI is InChI=1S/C35H50NO5P/c1-28(29-17-12-9-13-18-29)35-23-22-33(37)32(35)27-31(34(35)30-19-14-10-15-20-30)21-11-7-5-6-8-16-25-40-42(38,39)41-26-24-36(2,3)4/h9-10,12-15,17-20,32-33,37H,1,5-8,11,16,21-27H2,2-4H3/t32-,33+,35-/m0/s1. The predicted molar refractivity (Wildman–Crippen MR) is 169 cm³/mol. The van der Waals surface area contributed by atoms with Gasteiger partial charge < -0.3 is 23.5 Å². The van der Waals surface area contributed by atoms with Crippen molar-refractivity contribution in [2.45, 2.75) is 70.3 Å². The molecule has 7 heteroatoms. The first-order valence-corrected chi connectivity index (χ1v) is 17.1. The first kappa shape index (κ1) is 32.9. The molecule has 0 aliphatic heterocycles. The first-order chi connectivity index (χ1) is 20.0. The molecule has 0 radical (unpaired) electrons. The number of quaternary nitrogens is 1. The van der Waals surface area contributed by atoms with Crippen molar-refractivity contribution < 1.29 is 28.1 Å². The maximum atomic E-state index is 11.9. The summed E-state index contributed by atoms with van der Waals surface area (Å²) in [5.74, 6) is 0.170. The Kier molecular flexibility index (Phi) is 11.4. The van der Waals surface area contributed by atoms with Crippen LogP contribution in [-0.4, -0.2) is 56.6 Å². The van der Waals surface area contributed by atoms with Crippen LogP contribution < -0.4 is 4.89 Å². The number of fused-ring (bicyclic) bond motifs is 1. The number of rotatable bonds is 17. The van der Waals surface area contributed by atoms with Gasteiger partial charge in [-0.3, -0.25) is 4.57 Å². The molecule has 1 unspecified atom stereocenters. The van der Waals surface area contributed by atoms with Crippen LogP contribution in [0.5, 0.6) is 0 Å². The second kappa shape index (κ2) is 14.6. The number of hydrogen-bond acceptors (Lipinski definition) is 5. The molecule has 2 aliphatic rings. The lowest BCUT2D eigenvalue weighted by Crippen LogP contribution is -2.37. The summed E-state index contributed by atoms with van der Waals surface area (Å²) >= 11 is 0. The third-order valence-corrected chi connectivity index (χ3v) is 10.1. The van der Waals surface area contributed by atoms with E-state index in [0.29, 0.717) is 17.4 Å². The van der Waals surface area contributed by atoms with Crippen LogP contribution in [0.1, 0.15) is 75.3 Å². The van der Waals surface area contributed by atoms with Gasteiger partial charge in [0.1, 0.15) is 13.2 Å². The molecule has 0 bridgehead atoms. The fourth-order valence-corrected chi connectivity index (χ4v) is 7.63. The zero-order valence-corrected chi connectivity index (χ0v) is 26.7. The van der Waals surface area contributed by atoms with Crippen molar-refractivity contribution >= 4 is 19.0 Å². The number of phosphoric ester groups is 1. The second-order valence-electron chi connectivity index (χ2n) is 13.1. The number of benzene rings is 2. The highest BCUT2D eigenvalue weighted by Crippen LogP contribution is 2.66. The summed E-state index contributed by atoms with van der Waals surface area (Å²) in [5.41, 5.74) is 6.22. The summed E-state index contributed by atoms with van der Waals surface area (Å²) in [6.45, 7) is 5.58. The molecule has 0 amide bonds. The summed E-state index contributed by atoms with van der Waals surface area (Å²) in [6, 6.07) is 21.2. The lowest BCUT2D eigenvalue weighted by atomic mass is 9.66. The molecule has 1 saturated carbocycles. The highest BCUT2D eigenvalue weighted by Gasteiger charge is 2.56. The number of likely N-dealkylation sites (N-methyl/N-ethyl adjacent to an activating group) is 1. The van der Waals surface area contributed by atoms with E-state index in [1.54, 1.807) is 0 Å². The van der Waals surface area contributed by atoms with Crippen LogP contribution in [0, 0.1) is 11.3 Å². The van der Waals surface area contributed by atoms with Crippen molar-refractivity contribution in [2.75, 3.05) is 40.9 Å². The van der Waals surface area contributed by atoms with E-state index in [1.807, 2.05) is 27.2 Å². The van der Waals surface area contributed by atoms with E-state index in [4.69, 9.17) is 9.05 Å². The normalized spacial score (nSPS) is 23.6. The highest BCUT2D eigenvalue weighted by molar-refractivity contribution is 7.45. The topological polar surface area (TPSA) is 78.8 Å². The minimum absolute atomic E-state index is 0.133. The molecule has 2 aromatic rings. The largest absolute Gasteiger partial charge is 0.756 e. The van der Waals surface area contributed by atoms with Gasteiger partial charge in [-0.15, -0.1) is 0 Å². The quantitative estimate of drug-likeness (QED) is 0.118. The van der Waals surface area contributed by atoms with Gasteiger partial charge in [0.15, 0.2) is 0 Å². The number of aliphatic hydroxyl groups excluding tert-OH is 1. The van der Waals surface area contributed by atoms with Gasteiger partial charge in [-0.2, -0.15) is 0 Å². The molecule has 0 saturated heterocycles. The molecule has 1 N–H and O–H groups in total. The van der Waals surface area contributed by atoms with Gasteiger partial charge in [0.05, 0.1) is 33.9 Å². The van der Waals surface area contributed by atoms with E-state index in [2.05, 4.69) is 61.2 Å². The second-order valence-corrected chi connectivity index (χ2v) is 14.5. The van der Waals surface area contributed by atoms with Crippen molar-refractivity contribution in [2.24, 2.45) is 11.3 Å². The summed E-state index contributed by atoms with van der Waals surface area (Å²) in [5, 5.41) is 11.2. The Morgan fingerprint density at radius 1 is 0.952 bits per heavy atom. The molecule has 6 nitrogen and oxygen atoms in total. The van der Waals surface area contributed by atoms with Gasteiger partial charge >= 0.3 is 0 Å². The highest BCUT2D eigenvalue weighted by atomic mass is 31.2. The van der Waals surface area contributed by atoms with E-state index in [1.165, 1.54) is 22.3 Å². The maximum absolute atomic E-state index is 11.9. The Labute approximate surface area is 253 Å². The fourth-order valence-electron chi connectivity index (χ4n) is 6.90. The summed E-state index contributed by atoms with van der Waals surface area (Å²) in [6.07, 6.45) is 9.43. The number of allylic oxidation sites excluding steroid dienone is 3. The number of nitrogens with zero attached hydrogens (tertiary/aromatic N) is 1. The van der Waals surface area contributed by atoms with Gasteiger partial charge in [-0.1, -0.05) is 98.5 Å². The van der Waals surface area contributed by atoms with E-state index < -0.39 is 7.82 Å². The van der Waals surface area contributed by atoms with Gasteiger partial charge in [-0.25, -0.2) is 0 Å². The lowest BCUT2D eigenvalue weighted by Gasteiger charge is -2.37. The van der Waals surface area contributed by atoms with Crippen molar-refractivity contribution in [3.8, 4) is 0 Å². The van der Waals surface area contributed by atoms with Crippen LogP contribution in [0.4, 0.5) is 0 Å². The minimum atomic E-state index is -4.22. The van der Waals surface area contributed by atoms with Crippen molar-refractivity contribution in [3.05, 3.63) is 83.9 Å². The molecule has 4 atom stereocenters. The molecule has 1 fully saturated rings. The summed E-state index contributed by atoms with van der Waals surface area (Å²) in [4.78, 5) is 11.9. The third kappa shape index (κ3) is 8.31. The van der Waals surface area contributed by atoms with Crippen LogP contribution in [0.2, 0.25) is 0 Å². The van der Waals surface area contributed by atoms with E-state index >= 15 is 0 Å². The first-order valence-electron chi connectivity index (χ1n) is 15.6. The Hall–Kier alpha value is -2.05. The Bertz CT molecular complexity index is 1240. The van der Waals surface area contributed by atoms with Crippen LogP contribution in [0.15, 0.2) is 72.8 Å². The molecular formula is C35H50NO5P. The zero-order valence-electron chi connectivity index (χ0n) is 25.8. The average molecular weight is 596 g/mol. The number of unbranched alkanes of at least 4 members (excludes halogenated alkanes) is 5.